The van der Waals surface area contributed by atoms with Crippen LogP contribution >= 0.6 is 15.9 Å². The SMILES string of the molecule is OC1Cc2ccccc2C1Nc1ccnc2cc(Br)cnc12. The van der Waals surface area contributed by atoms with Crippen molar-refractivity contribution in [3.63, 3.8) is 0 Å². The predicted octanol–water partition coefficient (Wildman–Crippen LogP) is 3.46. The highest BCUT2D eigenvalue weighted by atomic mass is 79.9. The molecule has 2 heterocycles. The molecular weight excluding hydrogens is 342 g/mol. The maximum atomic E-state index is 10.4. The van der Waals surface area contributed by atoms with Gasteiger partial charge in [0, 0.05) is 23.3 Å². The van der Waals surface area contributed by atoms with E-state index in [-0.39, 0.29) is 6.04 Å². The van der Waals surface area contributed by atoms with Crippen LogP contribution in [0, 0.1) is 0 Å². The Morgan fingerprint density at radius 2 is 2.05 bits per heavy atom. The minimum Gasteiger partial charge on any atom is -0.390 e. The molecule has 1 aliphatic rings. The van der Waals surface area contributed by atoms with Gasteiger partial charge in [-0.2, -0.15) is 0 Å². The summed E-state index contributed by atoms with van der Waals surface area (Å²) in [6.07, 6.45) is 3.76. The summed E-state index contributed by atoms with van der Waals surface area (Å²) in [7, 11) is 0. The van der Waals surface area contributed by atoms with Crippen LogP contribution < -0.4 is 5.32 Å². The summed E-state index contributed by atoms with van der Waals surface area (Å²) in [4.78, 5) is 8.80. The van der Waals surface area contributed by atoms with Gasteiger partial charge in [0.05, 0.1) is 23.3 Å². The minimum absolute atomic E-state index is 0.118. The van der Waals surface area contributed by atoms with Crippen molar-refractivity contribution in [1.29, 1.82) is 0 Å². The highest BCUT2D eigenvalue weighted by Crippen LogP contribution is 2.35. The fourth-order valence-electron chi connectivity index (χ4n) is 3.04. The third kappa shape index (κ3) is 2.26. The van der Waals surface area contributed by atoms with Gasteiger partial charge in [0.2, 0.25) is 0 Å². The van der Waals surface area contributed by atoms with Gasteiger partial charge in [-0.1, -0.05) is 24.3 Å². The number of anilines is 1. The molecule has 0 amide bonds. The van der Waals surface area contributed by atoms with Gasteiger partial charge < -0.3 is 10.4 Å². The fraction of sp³-hybridized carbons (Fsp3) is 0.176. The van der Waals surface area contributed by atoms with Crippen molar-refractivity contribution < 1.29 is 5.11 Å². The van der Waals surface area contributed by atoms with Crippen LogP contribution in [0.4, 0.5) is 5.69 Å². The van der Waals surface area contributed by atoms with Crippen LogP contribution in [0.1, 0.15) is 17.2 Å². The Morgan fingerprint density at radius 3 is 2.95 bits per heavy atom. The number of pyridine rings is 2. The molecule has 110 valence electrons. The first-order valence-corrected chi connectivity index (χ1v) is 7.94. The largest absolute Gasteiger partial charge is 0.390 e. The standard InChI is InChI=1S/C17H14BrN3O/c18-11-8-14-17(20-9-11)13(5-6-19-14)21-16-12-4-2-1-3-10(12)7-15(16)22/h1-6,8-9,15-16,22H,7H2,(H,19,21). The van der Waals surface area contributed by atoms with Crippen LogP contribution in [0.3, 0.4) is 0 Å². The third-order valence-electron chi connectivity index (χ3n) is 4.06. The van der Waals surface area contributed by atoms with Crippen molar-refractivity contribution in [2.45, 2.75) is 18.6 Å². The van der Waals surface area contributed by atoms with Crippen LogP contribution in [0.5, 0.6) is 0 Å². The molecule has 3 aromatic rings. The number of aromatic nitrogens is 2. The van der Waals surface area contributed by atoms with Crippen molar-refractivity contribution in [2.24, 2.45) is 0 Å². The number of fused-ring (bicyclic) bond motifs is 2. The van der Waals surface area contributed by atoms with E-state index in [1.807, 2.05) is 24.3 Å². The maximum absolute atomic E-state index is 10.4. The first kappa shape index (κ1) is 13.7. The van der Waals surface area contributed by atoms with Crippen LogP contribution in [0.2, 0.25) is 0 Å². The summed E-state index contributed by atoms with van der Waals surface area (Å²) in [6.45, 7) is 0. The van der Waals surface area contributed by atoms with Gasteiger partial charge in [0.25, 0.3) is 0 Å². The molecule has 2 N–H and O–H groups in total. The predicted molar refractivity (Wildman–Crippen MR) is 89.8 cm³/mol. The Bertz CT molecular complexity index is 852. The molecule has 2 atom stereocenters. The monoisotopic (exact) mass is 355 g/mol. The van der Waals surface area contributed by atoms with E-state index >= 15 is 0 Å². The molecule has 2 unspecified atom stereocenters. The molecule has 4 rings (SSSR count). The molecule has 1 aromatic carbocycles. The third-order valence-corrected chi connectivity index (χ3v) is 4.49. The zero-order valence-corrected chi connectivity index (χ0v) is 13.3. The number of halogens is 1. The number of rotatable bonds is 2. The minimum atomic E-state index is -0.434. The van der Waals surface area contributed by atoms with Crippen LogP contribution in [0.25, 0.3) is 11.0 Å². The van der Waals surface area contributed by atoms with Gasteiger partial charge in [0.15, 0.2) is 0 Å². The second-order valence-corrected chi connectivity index (χ2v) is 6.39. The van der Waals surface area contributed by atoms with E-state index in [4.69, 9.17) is 0 Å². The summed E-state index contributed by atoms with van der Waals surface area (Å²) < 4.78 is 0.899. The first-order chi connectivity index (χ1) is 10.7. The number of benzene rings is 1. The highest BCUT2D eigenvalue weighted by molar-refractivity contribution is 9.10. The van der Waals surface area contributed by atoms with Gasteiger partial charge >= 0.3 is 0 Å². The first-order valence-electron chi connectivity index (χ1n) is 7.15. The van der Waals surface area contributed by atoms with Gasteiger partial charge in [-0.3, -0.25) is 9.97 Å². The average Bonchev–Trinajstić information content (AvgIpc) is 2.83. The van der Waals surface area contributed by atoms with E-state index in [0.717, 1.165) is 26.8 Å². The van der Waals surface area contributed by atoms with E-state index in [1.165, 1.54) is 5.56 Å². The molecule has 2 aromatic heterocycles. The number of nitrogens with one attached hydrogen (secondary N) is 1. The molecule has 0 bridgehead atoms. The normalized spacial score (nSPS) is 20.1. The van der Waals surface area contributed by atoms with Crippen molar-refractivity contribution in [3.8, 4) is 0 Å². The summed E-state index contributed by atoms with van der Waals surface area (Å²) in [6, 6.07) is 11.9. The molecule has 0 saturated carbocycles. The lowest BCUT2D eigenvalue weighted by Crippen LogP contribution is -2.21. The van der Waals surface area contributed by atoms with Crippen LogP contribution in [-0.2, 0) is 6.42 Å². The van der Waals surface area contributed by atoms with Gasteiger partial charge in [-0.15, -0.1) is 0 Å². The highest BCUT2D eigenvalue weighted by Gasteiger charge is 2.30. The van der Waals surface area contributed by atoms with E-state index < -0.39 is 6.10 Å². The summed E-state index contributed by atoms with van der Waals surface area (Å²) in [5, 5.41) is 13.8. The van der Waals surface area contributed by atoms with Gasteiger partial charge in [-0.25, -0.2) is 0 Å². The fourth-order valence-corrected chi connectivity index (χ4v) is 3.36. The van der Waals surface area contributed by atoms with Crippen molar-refractivity contribution in [1.82, 2.24) is 9.97 Å². The zero-order valence-electron chi connectivity index (χ0n) is 11.7. The quantitative estimate of drug-likeness (QED) is 0.738. The Morgan fingerprint density at radius 1 is 1.18 bits per heavy atom. The molecule has 0 fully saturated rings. The van der Waals surface area contributed by atoms with E-state index in [2.05, 4.69) is 43.3 Å². The van der Waals surface area contributed by atoms with Crippen molar-refractivity contribution in [2.75, 3.05) is 5.32 Å². The molecular formula is C17H14BrN3O. The lowest BCUT2D eigenvalue weighted by molar-refractivity contribution is 0.166. The summed E-state index contributed by atoms with van der Waals surface area (Å²) >= 11 is 3.41. The average molecular weight is 356 g/mol. The molecule has 0 aliphatic heterocycles. The van der Waals surface area contributed by atoms with E-state index in [1.54, 1.807) is 12.4 Å². The number of hydrogen-bond donors (Lipinski definition) is 2. The zero-order chi connectivity index (χ0) is 15.1. The number of hydrogen-bond acceptors (Lipinski definition) is 4. The molecule has 0 radical (unpaired) electrons. The summed E-state index contributed by atoms with van der Waals surface area (Å²) in [5.74, 6) is 0. The Hall–Kier alpha value is -1.98. The lowest BCUT2D eigenvalue weighted by Gasteiger charge is -2.20. The second kappa shape index (κ2) is 5.34. The van der Waals surface area contributed by atoms with Crippen LogP contribution in [-0.4, -0.2) is 21.2 Å². The molecule has 0 saturated heterocycles. The molecule has 22 heavy (non-hydrogen) atoms. The Labute approximate surface area is 136 Å². The summed E-state index contributed by atoms with van der Waals surface area (Å²) in [5.41, 5.74) is 4.86. The Balaban J connectivity index is 1.75. The topological polar surface area (TPSA) is 58.0 Å². The molecule has 5 heteroatoms. The molecule has 1 aliphatic carbocycles. The van der Waals surface area contributed by atoms with Crippen LogP contribution in [0.15, 0.2) is 53.3 Å². The van der Waals surface area contributed by atoms with Crippen molar-refractivity contribution >= 4 is 32.7 Å². The molecule has 0 spiro atoms. The smallest absolute Gasteiger partial charge is 0.112 e. The maximum Gasteiger partial charge on any atom is 0.112 e. The van der Waals surface area contributed by atoms with E-state index in [0.29, 0.717) is 6.42 Å². The van der Waals surface area contributed by atoms with Gasteiger partial charge in [-0.05, 0) is 39.2 Å². The second-order valence-electron chi connectivity index (χ2n) is 5.47. The van der Waals surface area contributed by atoms with Crippen molar-refractivity contribution in [3.05, 3.63) is 64.4 Å². The van der Waals surface area contributed by atoms with E-state index in [9.17, 15) is 5.11 Å². The van der Waals surface area contributed by atoms with Gasteiger partial charge in [0.1, 0.15) is 5.52 Å². The number of aliphatic hydroxyl groups excluding tert-OH is 1. The molecule has 4 nitrogen and oxygen atoms in total. The number of nitrogens with zero attached hydrogens (tertiary/aromatic N) is 2. The Kier molecular flexibility index (Phi) is 3.32. The number of aliphatic hydroxyl groups is 1. The lowest BCUT2D eigenvalue weighted by atomic mass is 10.1.